The number of hydrogen-bond acceptors (Lipinski definition) is 4. The minimum atomic E-state index is -0.104. The molecule has 0 atom stereocenters. The van der Waals surface area contributed by atoms with Crippen LogP contribution in [0.5, 0.6) is 0 Å². The summed E-state index contributed by atoms with van der Waals surface area (Å²) in [4.78, 5) is 27.0. The van der Waals surface area contributed by atoms with E-state index in [-0.39, 0.29) is 18.4 Å². The van der Waals surface area contributed by atoms with E-state index in [1.54, 1.807) is 37.2 Å². The van der Waals surface area contributed by atoms with Crippen LogP contribution in [0.25, 0.3) is 0 Å². The lowest BCUT2D eigenvalue weighted by Crippen LogP contribution is -2.35. The van der Waals surface area contributed by atoms with Gasteiger partial charge in [0.1, 0.15) is 0 Å². The monoisotopic (exact) mass is 292 g/mol. The third kappa shape index (κ3) is 4.37. The van der Waals surface area contributed by atoms with Crippen LogP contribution in [-0.4, -0.2) is 55.3 Å². The summed E-state index contributed by atoms with van der Waals surface area (Å²) in [5, 5.41) is 3.02. The topological polar surface area (TPSA) is 78.7 Å². The molecule has 0 saturated carbocycles. The Balaban J connectivity index is 2.74. The molecule has 1 aromatic carbocycles. The minimum absolute atomic E-state index is 0.0212. The quantitative estimate of drug-likeness (QED) is 0.774. The number of anilines is 2. The molecule has 0 heterocycles. The molecule has 0 aliphatic heterocycles. The molecule has 0 aliphatic rings. The Morgan fingerprint density at radius 3 is 2.29 bits per heavy atom. The maximum absolute atomic E-state index is 11.9. The van der Waals surface area contributed by atoms with Crippen molar-refractivity contribution in [2.45, 2.75) is 13.8 Å². The molecule has 0 unspecified atom stereocenters. The van der Waals surface area contributed by atoms with Crippen molar-refractivity contribution in [3.8, 4) is 0 Å². The van der Waals surface area contributed by atoms with Crippen molar-refractivity contribution in [2.24, 2.45) is 0 Å². The number of hydrogen-bond donors (Lipinski definition) is 2. The Labute approximate surface area is 125 Å². The van der Waals surface area contributed by atoms with Crippen LogP contribution < -0.4 is 11.1 Å². The summed E-state index contributed by atoms with van der Waals surface area (Å²) in [7, 11) is 3.38. The molecule has 21 heavy (non-hydrogen) atoms. The van der Waals surface area contributed by atoms with Gasteiger partial charge in [-0.2, -0.15) is 0 Å². The van der Waals surface area contributed by atoms with Gasteiger partial charge in [0, 0.05) is 32.7 Å². The van der Waals surface area contributed by atoms with E-state index in [9.17, 15) is 9.59 Å². The Hall–Kier alpha value is -2.24. The summed E-state index contributed by atoms with van der Waals surface area (Å²) in [6.07, 6.45) is 0. The fraction of sp³-hybridized carbons (Fsp3) is 0.467. The molecular weight excluding hydrogens is 268 g/mol. The molecule has 1 rings (SSSR count). The molecule has 116 valence electrons. The first-order valence-electron chi connectivity index (χ1n) is 7.03. The maximum Gasteiger partial charge on any atom is 0.253 e. The van der Waals surface area contributed by atoms with E-state index < -0.39 is 0 Å². The molecular formula is C15H24N4O2. The number of benzene rings is 1. The molecule has 0 saturated heterocycles. The van der Waals surface area contributed by atoms with Gasteiger partial charge in [0.05, 0.1) is 17.9 Å². The number of carbonyl (C=O) groups excluding carboxylic acids is 2. The van der Waals surface area contributed by atoms with Crippen molar-refractivity contribution in [3.05, 3.63) is 23.8 Å². The summed E-state index contributed by atoms with van der Waals surface area (Å²) < 4.78 is 0. The molecule has 0 spiro atoms. The van der Waals surface area contributed by atoms with Gasteiger partial charge in [-0.1, -0.05) is 0 Å². The zero-order valence-electron chi connectivity index (χ0n) is 13.1. The number of nitrogen functional groups attached to an aromatic ring is 1. The first kappa shape index (κ1) is 16.8. The van der Waals surface area contributed by atoms with Crippen LogP contribution in [0.15, 0.2) is 18.2 Å². The standard InChI is InChI=1S/C15H24N4O2/c1-5-19(6-2)14(20)10-17-13-8-7-11(9-12(13)16)15(21)18(3)4/h7-9,17H,5-6,10,16H2,1-4H3. The van der Waals surface area contributed by atoms with E-state index in [1.807, 2.05) is 13.8 Å². The molecule has 0 aliphatic carbocycles. The van der Waals surface area contributed by atoms with Crippen molar-refractivity contribution >= 4 is 23.2 Å². The highest BCUT2D eigenvalue weighted by Gasteiger charge is 2.12. The van der Waals surface area contributed by atoms with Gasteiger partial charge in [0.2, 0.25) is 5.91 Å². The summed E-state index contributed by atoms with van der Waals surface area (Å²) in [5.74, 6) is -0.0830. The van der Waals surface area contributed by atoms with Gasteiger partial charge in [-0.15, -0.1) is 0 Å². The zero-order valence-corrected chi connectivity index (χ0v) is 13.1. The summed E-state index contributed by atoms with van der Waals surface area (Å²) in [6, 6.07) is 5.04. The number of nitrogens with one attached hydrogen (secondary N) is 1. The number of carbonyl (C=O) groups is 2. The third-order valence-corrected chi connectivity index (χ3v) is 3.25. The predicted octanol–water partition coefficient (Wildman–Crippen LogP) is 1.25. The lowest BCUT2D eigenvalue weighted by molar-refractivity contribution is -0.128. The summed E-state index contributed by atoms with van der Waals surface area (Å²) in [5.41, 5.74) is 7.57. The van der Waals surface area contributed by atoms with E-state index in [1.165, 1.54) is 4.90 Å². The number of likely N-dealkylation sites (N-methyl/N-ethyl adjacent to an activating group) is 1. The molecule has 0 bridgehead atoms. The Morgan fingerprint density at radius 1 is 1.19 bits per heavy atom. The van der Waals surface area contributed by atoms with E-state index in [0.717, 1.165) is 0 Å². The fourth-order valence-electron chi connectivity index (χ4n) is 1.97. The second-order valence-corrected chi connectivity index (χ2v) is 4.92. The Bertz CT molecular complexity index is 510. The molecule has 1 aromatic rings. The van der Waals surface area contributed by atoms with Crippen LogP contribution in [0.2, 0.25) is 0 Å². The van der Waals surface area contributed by atoms with Crippen LogP contribution in [0.1, 0.15) is 24.2 Å². The van der Waals surface area contributed by atoms with Gasteiger partial charge in [0.25, 0.3) is 5.91 Å². The second kappa shape index (κ2) is 7.52. The van der Waals surface area contributed by atoms with Crippen molar-refractivity contribution in [3.63, 3.8) is 0 Å². The van der Waals surface area contributed by atoms with Crippen LogP contribution in [0.3, 0.4) is 0 Å². The van der Waals surface area contributed by atoms with E-state index in [4.69, 9.17) is 5.73 Å². The van der Waals surface area contributed by atoms with Crippen molar-refractivity contribution in [1.29, 1.82) is 0 Å². The lowest BCUT2D eigenvalue weighted by atomic mass is 10.1. The highest BCUT2D eigenvalue weighted by molar-refractivity contribution is 5.96. The summed E-state index contributed by atoms with van der Waals surface area (Å²) >= 11 is 0. The van der Waals surface area contributed by atoms with Crippen molar-refractivity contribution < 1.29 is 9.59 Å². The van der Waals surface area contributed by atoms with Crippen LogP contribution in [-0.2, 0) is 4.79 Å². The predicted molar refractivity (Wildman–Crippen MR) is 85.3 cm³/mol. The zero-order chi connectivity index (χ0) is 16.0. The van der Waals surface area contributed by atoms with E-state index in [0.29, 0.717) is 30.0 Å². The molecule has 2 amide bonds. The first-order valence-corrected chi connectivity index (χ1v) is 7.03. The molecule has 6 heteroatoms. The highest BCUT2D eigenvalue weighted by atomic mass is 16.2. The maximum atomic E-state index is 11.9. The fourth-order valence-corrected chi connectivity index (χ4v) is 1.97. The molecule has 3 N–H and O–H groups in total. The van der Waals surface area contributed by atoms with Gasteiger partial charge in [-0.25, -0.2) is 0 Å². The minimum Gasteiger partial charge on any atom is -0.397 e. The van der Waals surface area contributed by atoms with Crippen molar-refractivity contribution in [1.82, 2.24) is 9.80 Å². The number of nitrogens with two attached hydrogens (primary N) is 1. The smallest absolute Gasteiger partial charge is 0.253 e. The number of nitrogens with zero attached hydrogens (tertiary/aromatic N) is 2. The van der Waals surface area contributed by atoms with Gasteiger partial charge in [-0.3, -0.25) is 9.59 Å². The van der Waals surface area contributed by atoms with Gasteiger partial charge >= 0.3 is 0 Å². The average Bonchev–Trinajstić information content (AvgIpc) is 2.46. The van der Waals surface area contributed by atoms with E-state index in [2.05, 4.69) is 5.32 Å². The SMILES string of the molecule is CCN(CC)C(=O)CNc1ccc(C(=O)N(C)C)cc1N. The Kier molecular flexibility index (Phi) is 6.02. The number of rotatable bonds is 6. The molecule has 0 radical (unpaired) electrons. The first-order chi connectivity index (χ1) is 9.90. The lowest BCUT2D eigenvalue weighted by Gasteiger charge is -2.19. The van der Waals surface area contributed by atoms with E-state index >= 15 is 0 Å². The second-order valence-electron chi connectivity index (χ2n) is 4.92. The van der Waals surface area contributed by atoms with Crippen LogP contribution in [0, 0.1) is 0 Å². The van der Waals surface area contributed by atoms with Gasteiger partial charge in [0.15, 0.2) is 0 Å². The Morgan fingerprint density at radius 2 is 1.81 bits per heavy atom. The summed E-state index contributed by atoms with van der Waals surface area (Å²) in [6.45, 7) is 5.44. The normalized spacial score (nSPS) is 10.1. The van der Waals surface area contributed by atoms with Crippen molar-refractivity contribution in [2.75, 3.05) is 44.8 Å². The highest BCUT2D eigenvalue weighted by Crippen LogP contribution is 2.20. The molecule has 6 nitrogen and oxygen atoms in total. The average molecular weight is 292 g/mol. The van der Waals surface area contributed by atoms with Gasteiger partial charge < -0.3 is 20.9 Å². The van der Waals surface area contributed by atoms with Crippen LogP contribution >= 0.6 is 0 Å². The molecule has 0 aromatic heterocycles. The molecule has 0 fully saturated rings. The van der Waals surface area contributed by atoms with Gasteiger partial charge in [-0.05, 0) is 32.0 Å². The third-order valence-electron chi connectivity index (χ3n) is 3.25. The van der Waals surface area contributed by atoms with Crippen LogP contribution in [0.4, 0.5) is 11.4 Å². The largest absolute Gasteiger partial charge is 0.397 e. The number of amides is 2.